The van der Waals surface area contributed by atoms with Crippen molar-refractivity contribution in [3.05, 3.63) is 41.3 Å². The number of nitrogens with zero attached hydrogens (tertiary/aromatic N) is 2. The molecular formula is C15H17ClN4O3. The predicted octanol–water partition coefficient (Wildman–Crippen LogP) is 2.26. The number of halogens is 1. The molecule has 1 heterocycles. The minimum atomic E-state index is -0.304. The summed E-state index contributed by atoms with van der Waals surface area (Å²) in [6.07, 6.45) is 2.85. The largest absolute Gasteiger partial charge is 0.495 e. The quantitative estimate of drug-likeness (QED) is 0.754. The van der Waals surface area contributed by atoms with E-state index in [1.54, 1.807) is 32.4 Å². The molecule has 0 saturated heterocycles. The zero-order valence-electron chi connectivity index (χ0n) is 12.8. The van der Waals surface area contributed by atoms with Crippen molar-refractivity contribution < 1.29 is 14.3 Å². The molecule has 2 rings (SSSR count). The van der Waals surface area contributed by atoms with Crippen LogP contribution in [-0.2, 0) is 4.74 Å². The molecule has 7 nitrogen and oxygen atoms in total. The number of amides is 1. The summed E-state index contributed by atoms with van der Waals surface area (Å²) in [5.74, 6) is 0.790. The van der Waals surface area contributed by atoms with Crippen LogP contribution in [0, 0.1) is 0 Å². The van der Waals surface area contributed by atoms with E-state index >= 15 is 0 Å². The zero-order valence-corrected chi connectivity index (χ0v) is 13.6. The highest BCUT2D eigenvalue weighted by atomic mass is 35.5. The maximum absolute atomic E-state index is 11.8. The van der Waals surface area contributed by atoms with Gasteiger partial charge in [0, 0.05) is 18.7 Å². The van der Waals surface area contributed by atoms with Crippen LogP contribution in [0.1, 0.15) is 10.5 Å². The first kappa shape index (κ1) is 17.0. The Morgan fingerprint density at radius 3 is 2.74 bits per heavy atom. The zero-order chi connectivity index (χ0) is 16.7. The van der Waals surface area contributed by atoms with Crippen LogP contribution in [0.15, 0.2) is 30.6 Å². The lowest BCUT2D eigenvalue weighted by Gasteiger charge is -2.11. The van der Waals surface area contributed by atoms with E-state index in [1.165, 1.54) is 12.4 Å². The van der Waals surface area contributed by atoms with E-state index in [9.17, 15) is 4.79 Å². The van der Waals surface area contributed by atoms with Gasteiger partial charge in [-0.15, -0.1) is 0 Å². The van der Waals surface area contributed by atoms with Gasteiger partial charge in [-0.3, -0.25) is 4.79 Å². The highest BCUT2D eigenvalue weighted by Crippen LogP contribution is 2.29. The molecule has 0 bridgehead atoms. The topological polar surface area (TPSA) is 85.4 Å². The highest BCUT2D eigenvalue weighted by Gasteiger charge is 2.09. The molecule has 23 heavy (non-hydrogen) atoms. The number of hydrogen-bond donors (Lipinski definition) is 2. The molecule has 0 spiro atoms. The van der Waals surface area contributed by atoms with Gasteiger partial charge in [-0.25, -0.2) is 9.97 Å². The van der Waals surface area contributed by atoms with Gasteiger partial charge in [0.1, 0.15) is 17.3 Å². The second kappa shape index (κ2) is 8.30. The summed E-state index contributed by atoms with van der Waals surface area (Å²) < 4.78 is 10.1. The van der Waals surface area contributed by atoms with Crippen LogP contribution in [0.25, 0.3) is 0 Å². The van der Waals surface area contributed by atoms with Crippen molar-refractivity contribution >= 4 is 29.0 Å². The predicted molar refractivity (Wildman–Crippen MR) is 87.5 cm³/mol. The van der Waals surface area contributed by atoms with E-state index < -0.39 is 0 Å². The number of nitrogens with one attached hydrogen (secondary N) is 2. The first-order valence-corrected chi connectivity index (χ1v) is 7.21. The maximum Gasteiger partial charge on any atom is 0.271 e. The van der Waals surface area contributed by atoms with E-state index in [0.29, 0.717) is 35.4 Å². The standard InChI is InChI=1S/C15H17ClN4O3/c1-22-6-5-17-15(21)12-8-19-14(9-18-12)20-11-7-10(16)3-4-13(11)23-2/h3-4,7-9H,5-6H2,1-2H3,(H,17,21)(H,19,20). The number of aromatic nitrogens is 2. The van der Waals surface area contributed by atoms with Gasteiger partial charge in [0.05, 0.1) is 31.8 Å². The Bertz CT molecular complexity index is 664. The number of hydrogen-bond acceptors (Lipinski definition) is 6. The number of ether oxygens (including phenoxy) is 2. The molecule has 1 aromatic heterocycles. The Labute approximate surface area is 139 Å². The molecule has 0 saturated carbocycles. The molecule has 0 aliphatic rings. The number of benzene rings is 1. The van der Waals surface area contributed by atoms with E-state index in [4.69, 9.17) is 21.1 Å². The van der Waals surface area contributed by atoms with Gasteiger partial charge in [0.15, 0.2) is 0 Å². The first-order valence-electron chi connectivity index (χ1n) is 6.83. The van der Waals surface area contributed by atoms with Crippen molar-refractivity contribution in [1.82, 2.24) is 15.3 Å². The second-order valence-corrected chi connectivity index (χ2v) is 4.94. The third kappa shape index (κ3) is 4.80. The molecule has 1 amide bonds. The van der Waals surface area contributed by atoms with Crippen LogP contribution in [0.2, 0.25) is 5.02 Å². The molecule has 2 aromatic rings. The smallest absolute Gasteiger partial charge is 0.271 e. The number of carbonyl (C=O) groups excluding carboxylic acids is 1. The molecule has 0 radical (unpaired) electrons. The minimum Gasteiger partial charge on any atom is -0.495 e. The summed E-state index contributed by atoms with van der Waals surface area (Å²) in [6, 6.07) is 5.19. The van der Waals surface area contributed by atoms with Gasteiger partial charge in [0.2, 0.25) is 0 Å². The van der Waals surface area contributed by atoms with Crippen LogP contribution in [0.3, 0.4) is 0 Å². The van der Waals surface area contributed by atoms with E-state index in [2.05, 4.69) is 20.6 Å². The van der Waals surface area contributed by atoms with Gasteiger partial charge in [-0.05, 0) is 18.2 Å². The van der Waals surface area contributed by atoms with Crippen LogP contribution in [0.5, 0.6) is 5.75 Å². The molecule has 0 unspecified atom stereocenters. The van der Waals surface area contributed by atoms with Gasteiger partial charge in [-0.1, -0.05) is 11.6 Å². The SMILES string of the molecule is COCCNC(=O)c1cnc(Nc2cc(Cl)ccc2OC)cn1. The number of anilines is 2. The van der Waals surface area contributed by atoms with Gasteiger partial charge in [0.25, 0.3) is 5.91 Å². The van der Waals surface area contributed by atoms with Gasteiger partial charge in [-0.2, -0.15) is 0 Å². The van der Waals surface area contributed by atoms with Crippen LogP contribution in [0.4, 0.5) is 11.5 Å². The molecule has 1 aromatic carbocycles. The fourth-order valence-corrected chi connectivity index (χ4v) is 1.95. The summed E-state index contributed by atoms with van der Waals surface area (Å²) in [5.41, 5.74) is 0.885. The Kier molecular flexibility index (Phi) is 6.13. The van der Waals surface area contributed by atoms with Crippen molar-refractivity contribution in [3.8, 4) is 5.75 Å². The number of rotatable bonds is 7. The van der Waals surface area contributed by atoms with Crippen molar-refractivity contribution in [2.24, 2.45) is 0 Å². The molecule has 0 aliphatic carbocycles. The van der Waals surface area contributed by atoms with E-state index in [0.717, 1.165) is 0 Å². The summed E-state index contributed by atoms with van der Waals surface area (Å²) in [4.78, 5) is 20.1. The molecule has 0 fully saturated rings. The molecular weight excluding hydrogens is 320 g/mol. The van der Waals surface area contributed by atoms with Crippen molar-refractivity contribution in [1.29, 1.82) is 0 Å². The Morgan fingerprint density at radius 2 is 2.09 bits per heavy atom. The minimum absolute atomic E-state index is 0.227. The lowest BCUT2D eigenvalue weighted by Crippen LogP contribution is -2.27. The maximum atomic E-state index is 11.8. The van der Waals surface area contributed by atoms with E-state index in [-0.39, 0.29) is 11.6 Å². The number of methoxy groups -OCH3 is 2. The average molecular weight is 337 g/mol. The summed E-state index contributed by atoms with van der Waals surface area (Å²) in [5, 5.41) is 6.28. The fourth-order valence-electron chi connectivity index (χ4n) is 1.78. The Hall–Kier alpha value is -2.38. The third-order valence-electron chi connectivity index (χ3n) is 2.90. The van der Waals surface area contributed by atoms with Crippen molar-refractivity contribution in [2.45, 2.75) is 0 Å². The normalized spacial score (nSPS) is 10.2. The van der Waals surface area contributed by atoms with Crippen molar-refractivity contribution in [2.75, 3.05) is 32.7 Å². The first-order chi connectivity index (χ1) is 11.1. The Morgan fingerprint density at radius 1 is 1.26 bits per heavy atom. The summed E-state index contributed by atoms with van der Waals surface area (Å²) >= 11 is 5.97. The molecule has 2 N–H and O–H groups in total. The highest BCUT2D eigenvalue weighted by molar-refractivity contribution is 6.31. The van der Waals surface area contributed by atoms with E-state index in [1.807, 2.05) is 0 Å². The van der Waals surface area contributed by atoms with Crippen LogP contribution in [-0.4, -0.2) is 43.2 Å². The summed E-state index contributed by atoms with van der Waals surface area (Å²) in [7, 11) is 3.13. The fraction of sp³-hybridized carbons (Fsp3) is 0.267. The molecule has 0 aliphatic heterocycles. The summed E-state index contributed by atoms with van der Waals surface area (Å²) in [6.45, 7) is 0.851. The van der Waals surface area contributed by atoms with Gasteiger partial charge < -0.3 is 20.1 Å². The third-order valence-corrected chi connectivity index (χ3v) is 3.14. The molecule has 8 heteroatoms. The Balaban J connectivity index is 2.05. The number of carbonyl (C=O) groups is 1. The molecule has 0 atom stereocenters. The van der Waals surface area contributed by atoms with Crippen molar-refractivity contribution in [3.63, 3.8) is 0 Å². The second-order valence-electron chi connectivity index (χ2n) is 4.51. The van der Waals surface area contributed by atoms with Crippen LogP contribution >= 0.6 is 11.6 Å². The monoisotopic (exact) mass is 336 g/mol. The van der Waals surface area contributed by atoms with Gasteiger partial charge >= 0.3 is 0 Å². The average Bonchev–Trinajstić information content (AvgIpc) is 2.56. The molecule has 122 valence electrons. The lowest BCUT2D eigenvalue weighted by atomic mass is 10.3. The van der Waals surface area contributed by atoms with Crippen LogP contribution < -0.4 is 15.4 Å². The lowest BCUT2D eigenvalue weighted by molar-refractivity contribution is 0.0932.